The lowest BCUT2D eigenvalue weighted by atomic mass is 9.65. The molecule has 4 atom stereocenters. The van der Waals surface area contributed by atoms with E-state index in [1.165, 1.54) is 13.8 Å². The van der Waals surface area contributed by atoms with Gasteiger partial charge in [0, 0.05) is 46.0 Å². The molecule has 2 fully saturated rings. The molecular formula is C26H38I2O6. The third kappa shape index (κ3) is 8.79. The third-order valence-corrected chi connectivity index (χ3v) is 6.84. The molecule has 0 aromatic heterocycles. The molecule has 2 rings (SSSR count). The first-order valence-corrected chi connectivity index (χ1v) is 13.8. The van der Waals surface area contributed by atoms with Crippen LogP contribution in [0, 0.1) is 10.8 Å². The predicted molar refractivity (Wildman–Crippen MR) is 150 cm³/mol. The zero-order valence-corrected chi connectivity index (χ0v) is 25.7. The van der Waals surface area contributed by atoms with Crippen LogP contribution in [-0.2, 0) is 19.1 Å². The van der Waals surface area contributed by atoms with E-state index >= 15 is 0 Å². The Morgan fingerprint density at radius 1 is 0.765 bits per heavy atom. The van der Waals surface area contributed by atoms with Crippen molar-refractivity contribution in [3.05, 3.63) is 30.8 Å². The van der Waals surface area contributed by atoms with E-state index in [-0.39, 0.29) is 35.0 Å². The number of halogens is 2. The Kier molecular flexibility index (Phi) is 11.1. The number of rotatable bonds is 2. The standard InChI is InChI=1S/2C13H19IO3/c2*1-9(15)17-10-7-12(2,3)11(5-6-14)13(4,16)8-10/h2*6,10,16H,7-8H2,1-4H3/t2*5?,10-,13+/m00/s1. The molecule has 2 aliphatic carbocycles. The molecule has 0 spiro atoms. The summed E-state index contributed by atoms with van der Waals surface area (Å²) >= 11 is 4.19. The van der Waals surface area contributed by atoms with Crippen LogP contribution in [-0.4, -0.2) is 45.6 Å². The van der Waals surface area contributed by atoms with E-state index in [2.05, 4.69) is 56.6 Å². The summed E-state index contributed by atoms with van der Waals surface area (Å²) < 4.78 is 14.0. The molecule has 192 valence electrons. The van der Waals surface area contributed by atoms with Gasteiger partial charge >= 0.3 is 11.9 Å². The lowest BCUT2D eigenvalue weighted by Gasteiger charge is -2.44. The van der Waals surface area contributed by atoms with Crippen molar-refractivity contribution in [2.24, 2.45) is 10.8 Å². The number of carbonyl (C=O) groups excluding carboxylic acids is 2. The van der Waals surface area contributed by atoms with Gasteiger partial charge in [-0.25, -0.2) is 0 Å². The molecule has 2 N–H and O–H groups in total. The number of ether oxygens (including phenoxy) is 2. The quantitative estimate of drug-likeness (QED) is 0.211. The van der Waals surface area contributed by atoms with Gasteiger partial charge < -0.3 is 19.7 Å². The summed E-state index contributed by atoms with van der Waals surface area (Å²) in [6.45, 7) is 14.5. The molecular weight excluding hydrogens is 662 g/mol. The fourth-order valence-electron chi connectivity index (χ4n) is 5.48. The first kappa shape index (κ1) is 31.4. The SMILES string of the molecule is CC(=O)O[C@H]1CC(C)(C)C(=C=CI)[C@](C)(O)C1.CC(=O)O[C@H]1CC(C)(C)C(=C=CI)[C@](C)(O)C1. The maximum absolute atomic E-state index is 11.0. The van der Waals surface area contributed by atoms with Crippen LogP contribution >= 0.6 is 45.2 Å². The van der Waals surface area contributed by atoms with Crippen LogP contribution < -0.4 is 0 Å². The highest BCUT2D eigenvalue weighted by Crippen LogP contribution is 2.47. The average molecular weight is 700 g/mol. The molecule has 34 heavy (non-hydrogen) atoms. The first-order valence-electron chi connectivity index (χ1n) is 11.3. The fraction of sp³-hybridized carbons (Fsp3) is 0.692. The van der Waals surface area contributed by atoms with Crippen molar-refractivity contribution in [3.63, 3.8) is 0 Å². The van der Waals surface area contributed by atoms with E-state index in [1.807, 2.05) is 27.7 Å². The number of hydrogen-bond donors (Lipinski definition) is 2. The molecule has 8 heteroatoms. The van der Waals surface area contributed by atoms with Gasteiger partial charge in [0.05, 0.1) is 11.2 Å². The first-order chi connectivity index (χ1) is 15.4. The maximum Gasteiger partial charge on any atom is 0.302 e. The lowest BCUT2D eigenvalue weighted by Crippen LogP contribution is -2.46. The Labute approximate surface area is 231 Å². The second-order valence-corrected chi connectivity index (χ2v) is 12.1. The molecule has 0 bridgehead atoms. The summed E-state index contributed by atoms with van der Waals surface area (Å²) in [6, 6.07) is 0. The molecule has 0 aromatic rings. The van der Waals surface area contributed by atoms with Crippen LogP contribution in [0.3, 0.4) is 0 Å². The Bertz CT molecular complexity index is 786. The minimum absolute atomic E-state index is 0.219. The molecule has 2 aliphatic rings. The maximum atomic E-state index is 11.0. The van der Waals surface area contributed by atoms with Crippen molar-refractivity contribution in [2.45, 2.75) is 104 Å². The minimum Gasteiger partial charge on any atom is -0.462 e. The zero-order chi connectivity index (χ0) is 26.5. The minimum atomic E-state index is -0.969. The lowest BCUT2D eigenvalue weighted by molar-refractivity contribution is -0.154. The van der Waals surface area contributed by atoms with Crippen LogP contribution in [0.2, 0.25) is 0 Å². The Morgan fingerprint density at radius 3 is 1.26 bits per heavy atom. The summed E-state index contributed by atoms with van der Waals surface area (Å²) in [7, 11) is 0. The van der Waals surface area contributed by atoms with Gasteiger partial charge in [-0.1, -0.05) is 27.7 Å². The second-order valence-electron chi connectivity index (χ2n) is 10.9. The molecule has 0 radical (unpaired) electrons. The van der Waals surface area contributed by atoms with E-state index in [0.717, 1.165) is 24.0 Å². The third-order valence-electron chi connectivity index (χ3n) is 6.22. The molecule has 0 saturated heterocycles. The van der Waals surface area contributed by atoms with Gasteiger partial charge in [0.15, 0.2) is 0 Å². The van der Waals surface area contributed by atoms with E-state index in [9.17, 15) is 19.8 Å². The summed E-state index contributed by atoms with van der Waals surface area (Å²) in [4.78, 5) is 22.0. The fourth-order valence-corrected chi connectivity index (χ4v) is 6.11. The van der Waals surface area contributed by atoms with Crippen LogP contribution in [0.1, 0.15) is 81.1 Å². The molecule has 0 aliphatic heterocycles. The molecule has 6 nitrogen and oxygen atoms in total. The number of aliphatic hydroxyl groups is 2. The summed E-state index contributed by atoms with van der Waals surface area (Å²) in [5, 5.41) is 20.9. The predicted octanol–water partition coefficient (Wildman–Crippen LogP) is 5.93. The smallest absolute Gasteiger partial charge is 0.302 e. The molecule has 0 amide bonds. The van der Waals surface area contributed by atoms with Gasteiger partial charge in [-0.05, 0) is 82.7 Å². The Hall–Kier alpha value is -0.640. The van der Waals surface area contributed by atoms with Crippen molar-refractivity contribution in [3.8, 4) is 0 Å². The van der Waals surface area contributed by atoms with Crippen molar-refractivity contribution in [2.75, 3.05) is 0 Å². The average Bonchev–Trinajstić information content (AvgIpc) is 2.59. The van der Waals surface area contributed by atoms with Crippen LogP contribution in [0.25, 0.3) is 0 Å². The van der Waals surface area contributed by atoms with Crippen LogP contribution in [0.15, 0.2) is 30.8 Å². The number of esters is 2. The molecule has 0 unspecified atom stereocenters. The Balaban J connectivity index is 0.000000340. The highest BCUT2D eigenvalue weighted by atomic mass is 127. The second kappa shape index (κ2) is 12.1. The molecule has 2 saturated carbocycles. The Morgan fingerprint density at radius 2 is 1.06 bits per heavy atom. The van der Waals surface area contributed by atoms with E-state index in [1.54, 1.807) is 22.0 Å². The summed E-state index contributed by atoms with van der Waals surface area (Å²) in [5.74, 6) is -0.586. The summed E-state index contributed by atoms with van der Waals surface area (Å²) in [6.07, 6.45) is 1.85. The van der Waals surface area contributed by atoms with Crippen molar-refractivity contribution in [1.82, 2.24) is 0 Å². The number of carbonyl (C=O) groups is 2. The van der Waals surface area contributed by atoms with E-state index in [4.69, 9.17) is 9.47 Å². The van der Waals surface area contributed by atoms with Crippen LogP contribution in [0.4, 0.5) is 0 Å². The van der Waals surface area contributed by atoms with Gasteiger partial charge in [0.1, 0.15) is 12.2 Å². The summed E-state index contributed by atoms with van der Waals surface area (Å²) in [5.41, 5.74) is 5.63. The van der Waals surface area contributed by atoms with Gasteiger partial charge in [-0.3, -0.25) is 9.59 Å². The highest BCUT2D eigenvalue weighted by molar-refractivity contribution is 14.1. The van der Waals surface area contributed by atoms with Gasteiger partial charge in [-0.2, -0.15) is 0 Å². The van der Waals surface area contributed by atoms with E-state index < -0.39 is 11.2 Å². The van der Waals surface area contributed by atoms with Crippen LogP contribution in [0.5, 0.6) is 0 Å². The van der Waals surface area contributed by atoms with Crippen molar-refractivity contribution < 1.29 is 29.3 Å². The highest BCUT2D eigenvalue weighted by Gasteiger charge is 2.47. The monoisotopic (exact) mass is 700 g/mol. The molecule has 0 heterocycles. The van der Waals surface area contributed by atoms with Gasteiger partial charge in [0.2, 0.25) is 0 Å². The van der Waals surface area contributed by atoms with Crippen molar-refractivity contribution >= 4 is 57.1 Å². The van der Waals surface area contributed by atoms with Gasteiger partial charge in [-0.15, -0.1) is 11.5 Å². The topological polar surface area (TPSA) is 93.1 Å². The van der Waals surface area contributed by atoms with E-state index in [0.29, 0.717) is 12.8 Å². The number of hydrogen-bond acceptors (Lipinski definition) is 6. The van der Waals surface area contributed by atoms with Crippen molar-refractivity contribution in [1.29, 1.82) is 0 Å². The largest absolute Gasteiger partial charge is 0.462 e. The van der Waals surface area contributed by atoms with Gasteiger partial charge in [0.25, 0.3) is 0 Å². The normalized spacial score (nSPS) is 31.6. The zero-order valence-electron chi connectivity index (χ0n) is 21.4. The molecule has 0 aromatic carbocycles.